The SMILES string of the molecule is COCc1nc(C(C)C)c2sc(N3CCC[C@@H]3C(=O)N[C@H](C)c3ccccc3)nc2n1. The van der Waals surface area contributed by atoms with Crippen LogP contribution < -0.4 is 10.2 Å². The van der Waals surface area contributed by atoms with Gasteiger partial charge in [-0.15, -0.1) is 0 Å². The quantitative estimate of drug-likeness (QED) is 0.594. The van der Waals surface area contributed by atoms with Crippen molar-refractivity contribution in [2.45, 2.75) is 58.2 Å². The van der Waals surface area contributed by atoms with Crippen LogP contribution in [0.2, 0.25) is 0 Å². The molecular formula is C23H29N5O2S. The van der Waals surface area contributed by atoms with E-state index >= 15 is 0 Å². The molecule has 8 heteroatoms. The molecule has 1 saturated heterocycles. The summed E-state index contributed by atoms with van der Waals surface area (Å²) >= 11 is 1.58. The number of hydrogen-bond acceptors (Lipinski definition) is 7. The Morgan fingerprint density at radius 2 is 2.00 bits per heavy atom. The molecule has 0 bridgehead atoms. The van der Waals surface area contributed by atoms with Gasteiger partial charge in [-0.05, 0) is 31.2 Å². The Morgan fingerprint density at radius 1 is 1.23 bits per heavy atom. The van der Waals surface area contributed by atoms with Crippen LogP contribution in [0.15, 0.2) is 30.3 Å². The van der Waals surface area contributed by atoms with Crippen LogP contribution >= 0.6 is 11.3 Å². The zero-order valence-corrected chi connectivity index (χ0v) is 19.3. The molecule has 1 fully saturated rings. The van der Waals surface area contributed by atoms with Crippen molar-refractivity contribution in [1.29, 1.82) is 0 Å². The molecule has 31 heavy (non-hydrogen) atoms. The first kappa shape index (κ1) is 21.6. The molecule has 0 unspecified atom stereocenters. The Morgan fingerprint density at radius 3 is 2.71 bits per heavy atom. The zero-order valence-electron chi connectivity index (χ0n) is 18.5. The molecule has 7 nitrogen and oxygen atoms in total. The summed E-state index contributed by atoms with van der Waals surface area (Å²) in [5.74, 6) is 0.935. The van der Waals surface area contributed by atoms with Crippen LogP contribution in [-0.4, -0.2) is 40.6 Å². The highest BCUT2D eigenvalue weighted by molar-refractivity contribution is 7.22. The summed E-state index contributed by atoms with van der Waals surface area (Å²) in [6, 6.07) is 9.78. The number of rotatable bonds is 7. The van der Waals surface area contributed by atoms with Crippen molar-refractivity contribution in [2.75, 3.05) is 18.6 Å². The first-order valence-electron chi connectivity index (χ1n) is 10.8. The standard InChI is InChI=1S/C23H29N5O2S/c1-14(2)19-20-21(26-18(25-19)13-30-4)27-23(31-20)28-12-8-11-17(28)22(29)24-15(3)16-9-6-5-7-10-16/h5-7,9-10,14-15,17H,8,11-13H2,1-4H3,(H,24,29)/t15-,17-/m1/s1. The second-order valence-electron chi connectivity index (χ2n) is 8.25. The highest BCUT2D eigenvalue weighted by atomic mass is 32.1. The van der Waals surface area contributed by atoms with Crippen molar-refractivity contribution in [3.05, 3.63) is 47.4 Å². The van der Waals surface area contributed by atoms with Gasteiger partial charge in [-0.2, -0.15) is 4.98 Å². The Bertz CT molecular complexity index is 1050. The summed E-state index contributed by atoms with van der Waals surface area (Å²) < 4.78 is 6.22. The lowest BCUT2D eigenvalue weighted by Crippen LogP contribution is -2.44. The third kappa shape index (κ3) is 4.55. The number of thiazole rings is 1. The summed E-state index contributed by atoms with van der Waals surface area (Å²) in [6.07, 6.45) is 1.78. The van der Waals surface area contributed by atoms with Gasteiger partial charge in [0.1, 0.15) is 12.6 Å². The van der Waals surface area contributed by atoms with E-state index in [4.69, 9.17) is 14.7 Å². The predicted molar refractivity (Wildman–Crippen MR) is 123 cm³/mol. The topological polar surface area (TPSA) is 80.2 Å². The van der Waals surface area contributed by atoms with Crippen LogP contribution in [0.3, 0.4) is 0 Å². The Kier molecular flexibility index (Phi) is 6.48. The summed E-state index contributed by atoms with van der Waals surface area (Å²) in [7, 11) is 1.64. The number of carbonyl (C=O) groups excluding carboxylic acids is 1. The van der Waals surface area contributed by atoms with Gasteiger partial charge in [0.2, 0.25) is 5.91 Å². The zero-order chi connectivity index (χ0) is 22.0. The van der Waals surface area contributed by atoms with Crippen LogP contribution in [-0.2, 0) is 16.1 Å². The predicted octanol–water partition coefficient (Wildman–Crippen LogP) is 4.20. The first-order chi connectivity index (χ1) is 15.0. The normalized spacial score (nSPS) is 17.5. The van der Waals surface area contributed by atoms with Gasteiger partial charge < -0.3 is 15.0 Å². The maximum atomic E-state index is 13.1. The fourth-order valence-corrected chi connectivity index (χ4v) is 5.21. The van der Waals surface area contributed by atoms with Crippen molar-refractivity contribution in [3.63, 3.8) is 0 Å². The number of methoxy groups -OCH3 is 1. The van der Waals surface area contributed by atoms with Gasteiger partial charge in [0, 0.05) is 13.7 Å². The number of nitrogens with zero attached hydrogens (tertiary/aromatic N) is 4. The van der Waals surface area contributed by atoms with E-state index in [2.05, 4.69) is 29.0 Å². The van der Waals surface area contributed by atoms with E-state index in [0.717, 1.165) is 40.5 Å². The van der Waals surface area contributed by atoms with Crippen LogP contribution in [0.4, 0.5) is 5.13 Å². The minimum atomic E-state index is -0.222. The molecule has 1 aliphatic rings. The fourth-order valence-electron chi connectivity index (χ4n) is 3.99. The summed E-state index contributed by atoms with van der Waals surface area (Å²) in [4.78, 5) is 29.3. The minimum Gasteiger partial charge on any atom is -0.377 e. The smallest absolute Gasteiger partial charge is 0.243 e. The molecular weight excluding hydrogens is 410 g/mol. The maximum absolute atomic E-state index is 13.1. The minimum absolute atomic E-state index is 0.0403. The average Bonchev–Trinajstić information content (AvgIpc) is 3.40. The highest BCUT2D eigenvalue weighted by Gasteiger charge is 2.34. The van der Waals surface area contributed by atoms with Crippen molar-refractivity contribution < 1.29 is 9.53 Å². The van der Waals surface area contributed by atoms with Gasteiger partial charge in [-0.25, -0.2) is 9.97 Å². The van der Waals surface area contributed by atoms with Gasteiger partial charge in [0.05, 0.1) is 16.4 Å². The number of anilines is 1. The van der Waals surface area contributed by atoms with E-state index in [0.29, 0.717) is 18.1 Å². The molecule has 3 heterocycles. The van der Waals surface area contributed by atoms with E-state index in [-0.39, 0.29) is 23.9 Å². The average molecular weight is 440 g/mol. The lowest BCUT2D eigenvalue weighted by Gasteiger charge is -2.25. The lowest BCUT2D eigenvalue weighted by atomic mass is 10.1. The first-order valence-corrected chi connectivity index (χ1v) is 11.6. The number of fused-ring (bicyclic) bond motifs is 1. The van der Waals surface area contributed by atoms with Crippen molar-refractivity contribution >= 4 is 32.7 Å². The summed E-state index contributed by atoms with van der Waals surface area (Å²) in [5.41, 5.74) is 2.77. The van der Waals surface area contributed by atoms with Crippen LogP contribution in [0, 0.1) is 0 Å². The number of benzene rings is 1. The van der Waals surface area contributed by atoms with E-state index in [1.54, 1.807) is 18.4 Å². The van der Waals surface area contributed by atoms with Crippen LogP contribution in [0.1, 0.15) is 62.7 Å². The van der Waals surface area contributed by atoms with E-state index < -0.39 is 0 Å². The molecule has 4 rings (SSSR count). The van der Waals surface area contributed by atoms with Gasteiger partial charge in [0.15, 0.2) is 16.6 Å². The molecule has 1 N–H and O–H groups in total. The number of aromatic nitrogens is 3. The fraction of sp³-hybridized carbons (Fsp3) is 0.478. The van der Waals surface area contributed by atoms with Crippen molar-refractivity contribution in [2.24, 2.45) is 0 Å². The van der Waals surface area contributed by atoms with Crippen molar-refractivity contribution in [3.8, 4) is 0 Å². The molecule has 1 aromatic carbocycles. The molecule has 0 saturated carbocycles. The Hall–Kier alpha value is -2.58. The van der Waals surface area contributed by atoms with Gasteiger partial charge >= 0.3 is 0 Å². The molecule has 164 valence electrons. The monoisotopic (exact) mass is 439 g/mol. The van der Waals surface area contributed by atoms with Gasteiger partial charge in [-0.1, -0.05) is 55.5 Å². The lowest BCUT2D eigenvalue weighted by molar-refractivity contribution is -0.122. The van der Waals surface area contributed by atoms with E-state index in [9.17, 15) is 4.79 Å². The number of carbonyl (C=O) groups is 1. The molecule has 1 aliphatic heterocycles. The van der Waals surface area contributed by atoms with Crippen LogP contribution in [0.5, 0.6) is 0 Å². The van der Waals surface area contributed by atoms with Crippen molar-refractivity contribution in [1.82, 2.24) is 20.3 Å². The Labute approximate surface area is 186 Å². The third-order valence-corrected chi connectivity index (χ3v) is 6.70. The number of ether oxygens (including phenoxy) is 1. The molecule has 0 aliphatic carbocycles. The third-order valence-electron chi connectivity index (χ3n) is 5.59. The number of hydrogen-bond donors (Lipinski definition) is 1. The highest BCUT2D eigenvalue weighted by Crippen LogP contribution is 2.36. The summed E-state index contributed by atoms with van der Waals surface area (Å²) in [5, 5.41) is 4.02. The number of amides is 1. The molecule has 2 atom stereocenters. The molecule has 0 radical (unpaired) electrons. The van der Waals surface area contributed by atoms with E-state index in [1.807, 2.05) is 37.3 Å². The van der Waals surface area contributed by atoms with Crippen LogP contribution in [0.25, 0.3) is 10.3 Å². The maximum Gasteiger partial charge on any atom is 0.243 e. The summed E-state index contributed by atoms with van der Waals surface area (Å²) in [6.45, 7) is 7.43. The molecule has 0 spiro atoms. The second kappa shape index (κ2) is 9.28. The second-order valence-corrected chi connectivity index (χ2v) is 9.23. The largest absolute Gasteiger partial charge is 0.377 e. The van der Waals surface area contributed by atoms with Gasteiger partial charge in [0.25, 0.3) is 0 Å². The molecule has 3 aromatic rings. The van der Waals surface area contributed by atoms with E-state index in [1.165, 1.54) is 0 Å². The number of nitrogens with one attached hydrogen (secondary N) is 1. The van der Waals surface area contributed by atoms with Gasteiger partial charge in [-0.3, -0.25) is 4.79 Å². The molecule has 1 amide bonds. The molecule has 2 aromatic heterocycles. The Balaban J connectivity index is 1.59.